The Hall–Kier alpha value is -1.91. The van der Waals surface area contributed by atoms with Gasteiger partial charge in [-0.25, -0.2) is 0 Å². The van der Waals surface area contributed by atoms with Gasteiger partial charge in [-0.3, -0.25) is 4.79 Å². The second-order valence-electron chi connectivity index (χ2n) is 4.05. The third-order valence-electron chi connectivity index (χ3n) is 2.91. The van der Waals surface area contributed by atoms with Crippen molar-refractivity contribution in [2.24, 2.45) is 5.92 Å². The molecule has 0 amide bonds. The molecule has 4 heteroatoms. The number of rotatable bonds is 3. The molecule has 18 heavy (non-hydrogen) atoms. The van der Waals surface area contributed by atoms with Crippen LogP contribution in [0.5, 0.6) is 0 Å². The molecule has 1 aliphatic carbocycles. The lowest BCUT2D eigenvalue weighted by molar-refractivity contribution is -0.173. The van der Waals surface area contributed by atoms with Crippen LogP contribution >= 0.6 is 0 Å². The Labute approximate surface area is 105 Å². The van der Waals surface area contributed by atoms with Crippen LogP contribution in [0.15, 0.2) is 54.3 Å². The third kappa shape index (κ3) is 2.08. The van der Waals surface area contributed by atoms with E-state index in [1.54, 1.807) is 36.4 Å². The van der Waals surface area contributed by atoms with Crippen LogP contribution in [0.3, 0.4) is 0 Å². The van der Waals surface area contributed by atoms with E-state index in [1.807, 2.05) is 0 Å². The zero-order valence-corrected chi connectivity index (χ0v) is 9.91. The quantitative estimate of drug-likeness (QED) is 0.622. The molecule has 0 saturated carbocycles. The summed E-state index contributed by atoms with van der Waals surface area (Å²) in [5.41, 5.74) is 0.428. The molecule has 0 saturated heterocycles. The molecule has 0 bridgehead atoms. The summed E-state index contributed by atoms with van der Waals surface area (Å²) in [4.78, 5) is 12.2. The van der Waals surface area contributed by atoms with Gasteiger partial charge in [0.05, 0.1) is 7.11 Å². The van der Waals surface area contributed by atoms with Crippen LogP contribution in [0.4, 0.5) is 0 Å². The molecule has 0 fully saturated rings. The van der Waals surface area contributed by atoms with Gasteiger partial charge in [0, 0.05) is 5.56 Å². The van der Waals surface area contributed by atoms with E-state index in [4.69, 9.17) is 4.74 Å². The van der Waals surface area contributed by atoms with Gasteiger partial charge >= 0.3 is 0 Å². The maximum Gasteiger partial charge on any atom is 0.236 e. The van der Waals surface area contributed by atoms with Crippen molar-refractivity contribution < 1.29 is 19.7 Å². The Bertz CT molecular complexity index is 500. The Kier molecular flexibility index (Phi) is 3.32. The first-order valence-electron chi connectivity index (χ1n) is 5.54. The van der Waals surface area contributed by atoms with E-state index in [0.717, 1.165) is 0 Å². The lowest BCUT2D eigenvalue weighted by atomic mass is 9.85. The predicted octanol–water partition coefficient (Wildman–Crippen LogP) is 1.27. The summed E-state index contributed by atoms with van der Waals surface area (Å²) < 4.78 is 4.88. The highest BCUT2D eigenvalue weighted by Gasteiger charge is 2.44. The molecular weight excluding hydrogens is 232 g/mol. The number of ether oxygens (including phenoxy) is 1. The fourth-order valence-corrected chi connectivity index (χ4v) is 1.93. The summed E-state index contributed by atoms with van der Waals surface area (Å²) in [5, 5.41) is 20.0. The van der Waals surface area contributed by atoms with Gasteiger partial charge in [-0.15, -0.1) is 0 Å². The molecule has 4 nitrogen and oxygen atoms in total. The summed E-state index contributed by atoms with van der Waals surface area (Å²) >= 11 is 0. The van der Waals surface area contributed by atoms with Crippen LogP contribution in [0.2, 0.25) is 0 Å². The maximum absolute atomic E-state index is 12.2. The third-order valence-corrected chi connectivity index (χ3v) is 2.91. The van der Waals surface area contributed by atoms with Gasteiger partial charge in [-0.05, 0) is 6.08 Å². The van der Waals surface area contributed by atoms with Crippen molar-refractivity contribution in [1.82, 2.24) is 0 Å². The molecule has 1 aliphatic rings. The fraction of sp³-hybridized carbons (Fsp3) is 0.214. The highest BCUT2D eigenvalue weighted by molar-refractivity contribution is 6.00. The second-order valence-corrected chi connectivity index (χ2v) is 4.05. The predicted molar refractivity (Wildman–Crippen MR) is 65.7 cm³/mol. The molecule has 2 rings (SSSR count). The number of hydrogen-bond donors (Lipinski definition) is 2. The van der Waals surface area contributed by atoms with Crippen LogP contribution < -0.4 is 0 Å². The number of benzene rings is 1. The summed E-state index contributed by atoms with van der Waals surface area (Å²) in [6.07, 6.45) is 4.46. The SMILES string of the molecule is COC1=CC=CC(C(=O)c2ccccc2)C1(O)O. The van der Waals surface area contributed by atoms with E-state index in [9.17, 15) is 15.0 Å². The minimum atomic E-state index is -2.31. The lowest BCUT2D eigenvalue weighted by Gasteiger charge is -2.31. The van der Waals surface area contributed by atoms with Crippen molar-refractivity contribution in [3.8, 4) is 0 Å². The highest BCUT2D eigenvalue weighted by Crippen LogP contribution is 2.31. The zero-order chi connectivity index (χ0) is 13.2. The maximum atomic E-state index is 12.2. The van der Waals surface area contributed by atoms with Crippen LogP contribution in [0.1, 0.15) is 10.4 Å². The van der Waals surface area contributed by atoms with Gasteiger partial charge in [0.2, 0.25) is 5.79 Å². The van der Waals surface area contributed by atoms with Crippen molar-refractivity contribution in [2.45, 2.75) is 5.79 Å². The molecule has 1 aromatic carbocycles. The molecule has 0 heterocycles. The summed E-state index contributed by atoms with van der Waals surface area (Å²) in [6.45, 7) is 0. The molecule has 0 radical (unpaired) electrons. The van der Waals surface area contributed by atoms with Gasteiger partial charge in [-0.2, -0.15) is 0 Å². The standard InChI is InChI=1S/C14H14O4/c1-18-12-9-5-8-11(14(12,16)17)13(15)10-6-3-2-4-7-10/h2-9,11,16-17H,1H3. The minimum Gasteiger partial charge on any atom is -0.495 e. The minimum absolute atomic E-state index is 0.0423. The van der Waals surface area contributed by atoms with E-state index in [0.29, 0.717) is 5.56 Å². The molecule has 2 N–H and O–H groups in total. The van der Waals surface area contributed by atoms with Crippen LogP contribution in [0, 0.1) is 5.92 Å². The van der Waals surface area contributed by atoms with E-state index in [-0.39, 0.29) is 11.5 Å². The van der Waals surface area contributed by atoms with E-state index >= 15 is 0 Å². The first-order valence-corrected chi connectivity index (χ1v) is 5.54. The van der Waals surface area contributed by atoms with Crippen LogP contribution in [0.25, 0.3) is 0 Å². The Morgan fingerprint density at radius 3 is 2.56 bits per heavy atom. The normalized spacial score (nSPS) is 21.3. The number of aliphatic hydroxyl groups is 2. The Morgan fingerprint density at radius 2 is 1.94 bits per heavy atom. The van der Waals surface area contributed by atoms with Gasteiger partial charge in [0.15, 0.2) is 11.5 Å². The largest absolute Gasteiger partial charge is 0.495 e. The van der Waals surface area contributed by atoms with Crippen LogP contribution in [-0.2, 0) is 4.74 Å². The van der Waals surface area contributed by atoms with Crippen molar-refractivity contribution in [2.75, 3.05) is 7.11 Å². The Balaban J connectivity index is 2.33. The molecule has 1 atom stereocenters. The van der Waals surface area contributed by atoms with Gasteiger partial charge in [-0.1, -0.05) is 42.5 Å². The number of allylic oxidation sites excluding steroid dienone is 2. The molecule has 1 aromatic rings. The van der Waals surface area contributed by atoms with Crippen molar-refractivity contribution in [3.05, 3.63) is 59.9 Å². The molecule has 94 valence electrons. The lowest BCUT2D eigenvalue weighted by Crippen LogP contribution is -2.44. The van der Waals surface area contributed by atoms with E-state index in [2.05, 4.69) is 0 Å². The van der Waals surface area contributed by atoms with Crippen LogP contribution in [-0.4, -0.2) is 28.9 Å². The number of carbonyl (C=O) groups excluding carboxylic acids is 1. The first kappa shape index (κ1) is 12.5. The van der Waals surface area contributed by atoms with Crippen molar-refractivity contribution in [3.63, 3.8) is 0 Å². The Morgan fingerprint density at radius 1 is 1.28 bits per heavy atom. The smallest absolute Gasteiger partial charge is 0.236 e. The molecule has 0 aliphatic heterocycles. The van der Waals surface area contributed by atoms with Gasteiger partial charge < -0.3 is 14.9 Å². The summed E-state index contributed by atoms with van der Waals surface area (Å²) in [7, 11) is 1.33. The average molecular weight is 246 g/mol. The van der Waals surface area contributed by atoms with Gasteiger partial charge in [0.25, 0.3) is 0 Å². The zero-order valence-electron chi connectivity index (χ0n) is 9.91. The molecule has 0 spiro atoms. The topological polar surface area (TPSA) is 66.8 Å². The number of ketones is 1. The average Bonchev–Trinajstić information content (AvgIpc) is 2.38. The highest BCUT2D eigenvalue weighted by atomic mass is 16.6. The van der Waals surface area contributed by atoms with Crippen molar-refractivity contribution >= 4 is 5.78 Å². The van der Waals surface area contributed by atoms with E-state index in [1.165, 1.54) is 19.3 Å². The number of Topliss-reactive ketones (excluding diaryl/α,β-unsaturated/α-hetero) is 1. The first-order chi connectivity index (χ1) is 8.57. The van der Waals surface area contributed by atoms with E-state index < -0.39 is 11.7 Å². The second kappa shape index (κ2) is 4.76. The molecule has 1 unspecified atom stereocenters. The summed E-state index contributed by atoms with van der Waals surface area (Å²) in [6, 6.07) is 8.51. The van der Waals surface area contributed by atoms with Gasteiger partial charge in [0.1, 0.15) is 5.92 Å². The number of methoxy groups -OCH3 is 1. The fourth-order valence-electron chi connectivity index (χ4n) is 1.93. The molecule has 0 aromatic heterocycles. The summed E-state index contributed by atoms with van der Waals surface area (Å²) in [5.74, 6) is -3.78. The van der Waals surface area contributed by atoms with Crippen molar-refractivity contribution in [1.29, 1.82) is 0 Å². The molecular formula is C14H14O4. The number of carbonyl (C=O) groups is 1. The monoisotopic (exact) mass is 246 g/mol. The number of hydrogen-bond acceptors (Lipinski definition) is 4.